The zero-order chi connectivity index (χ0) is 15.1. The minimum absolute atomic E-state index is 0.290. The standard InChI is InChI=1S/C16H11FN4O/c17-11-4-3-6-12-10(11)8-14(19-12)16(22)20-21-9-18-13-5-1-2-7-15(13)21/h1-9,19H,(H,20,22). The first-order valence-electron chi connectivity index (χ1n) is 6.73. The van der Waals surface area contributed by atoms with Gasteiger partial charge in [0.1, 0.15) is 17.8 Å². The largest absolute Gasteiger partial charge is 0.350 e. The molecule has 0 aliphatic heterocycles. The van der Waals surface area contributed by atoms with Gasteiger partial charge in [0.15, 0.2) is 0 Å². The highest BCUT2D eigenvalue weighted by molar-refractivity contribution is 6.03. The Kier molecular flexibility index (Phi) is 2.69. The van der Waals surface area contributed by atoms with Gasteiger partial charge in [0.25, 0.3) is 5.91 Å². The molecule has 5 nitrogen and oxygen atoms in total. The number of benzene rings is 2. The van der Waals surface area contributed by atoms with Crippen LogP contribution in [0, 0.1) is 5.82 Å². The lowest BCUT2D eigenvalue weighted by Crippen LogP contribution is -2.22. The number of H-pyrrole nitrogens is 1. The summed E-state index contributed by atoms with van der Waals surface area (Å²) in [6.07, 6.45) is 1.53. The van der Waals surface area contributed by atoms with Crippen LogP contribution in [0.3, 0.4) is 0 Å². The molecule has 2 heterocycles. The molecule has 0 saturated heterocycles. The first kappa shape index (κ1) is 12.6. The third kappa shape index (κ3) is 1.93. The maximum Gasteiger partial charge on any atom is 0.286 e. The summed E-state index contributed by atoms with van der Waals surface area (Å²) in [4.78, 5) is 19.4. The van der Waals surface area contributed by atoms with Gasteiger partial charge in [0, 0.05) is 10.9 Å². The van der Waals surface area contributed by atoms with Crippen molar-refractivity contribution in [2.75, 3.05) is 5.43 Å². The summed E-state index contributed by atoms with van der Waals surface area (Å²) < 4.78 is 15.2. The minimum atomic E-state index is -0.362. The molecular formula is C16H11FN4O. The van der Waals surface area contributed by atoms with Gasteiger partial charge in [-0.05, 0) is 30.3 Å². The van der Waals surface area contributed by atoms with Gasteiger partial charge < -0.3 is 4.98 Å². The SMILES string of the molecule is O=C(Nn1cnc2ccccc21)c1cc2c(F)cccc2[nH]1. The molecule has 0 bridgehead atoms. The van der Waals surface area contributed by atoms with Crippen LogP contribution in [0.2, 0.25) is 0 Å². The zero-order valence-electron chi connectivity index (χ0n) is 11.4. The molecule has 1 amide bonds. The maximum absolute atomic E-state index is 13.7. The molecule has 0 radical (unpaired) electrons. The zero-order valence-corrected chi connectivity index (χ0v) is 11.4. The van der Waals surface area contributed by atoms with Crippen molar-refractivity contribution >= 4 is 27.8 Å². The van der Waals surface area contributed by atoms with Crippen molar-refractivity contribution in [1.82, 2.24) is 14.6 Å². The van der Waals surface area contributed by atoms with Crippen LogP contribution >= 0.6 is 0 Å². The lowest BCUT2D eigenvalue weighted by molar-refractivity contribution is 0.100. The number of nitrogens with one attached hydrogen (secondary N) is 2. The second kappa shape index (κ2) is 4.70. The topological polar surface area (TPSA) is 62.7 Å². The van der Waals surface area contributed by atoms with E-state index in [1.54, 1.807) is 16.8 Å². The van der Waals surface area contributed by atoms with E-state index in [0.29, 0.717) is 10.9 Å². The molecular weight excluding hydrogens is 283 g/mol. The third-order valence-electron chi connectivity index (χ3n) is 3.53. The van der Waals surface area contributed by atoms with Gasteiger partial charge in [0.05, 0.1) is 11.0 Å². The van der Waals surface area contributed by atoms with Crippen molar-refractivity contribution in [3.63, 3.8) is 0 Å². The van der Waals surface area contributed by atoms with E-state index in [9.17, 15) is 9.18 Å². The first-order chi connectivity index (χ1) is 10.7. The number of halogens is 1. The quantitative estimate of drug-likeness (QED) is 0.597. The summed E-state index contributed by atoms with van der Waals surface area (Å²) in [7, 11) is 0. The predicted octanol–water partition coefficient (Wildman–Crippen LogP) is 3.04. The van der Waals surface area contributed by atoms with E-state index >= 15 is 0 Å². The van der Waals surface area contributed by atoms with E-state index in [2.05, 4.69) is 15.4 Å². The number of para-hydroxylation sites is 2. The smallest absolute Gasteiger partial charge is 0.286 e. The van der Waals surface area contributed by atoms with E-state index < -0.39 is 0 Å². The highest BCUT2D eigenvalue weighted by atomic mass is 19.1. The Morgan fingerprint density at radius 3 is 2.91 bits per heavy atom. The number of nitrogens with zero attached hydrogens (tertiary/aromatic N) is 2. The molecule has 0 atom stereocenters. The Balaban J connectivity index is 1.70. The molecule has 0 aliphatic carbocycles. The van der Waals surface area contributed by atoms with Gasteiger partial charge >= 0.3 is 0 Å². The molecule has 0 spiro atoms. The van der Waals surface area contributed by atoms with Crippen LogP contribution in [-0.2, 0) is 0 Å². The second-order valence-corrected chi connectivity index (χ2v) is 4.93. The fraction of sp³-hybridized carbons (Fsp3) is 0. The van der Waals surface area contributed by atoms with Crippen LogP contribution in [0.1, 0.15) is 10.5 Å². The molecule has 2 N–H and O–H groups in total. The molecule has 108 valence electrons. The first-order valence-corrected chi connectivity index (χ1v) is 6.73. The Labute approximate surface area is 124 Å². The fourth-order valence-electron chi connectivity index (χ4n) is 2.46. The van der Waals surface area contributed by atoms with Crippen molar-refractivity contribution in [2.45, 2.75) is 0 Å². The molecule has 0 saturated carbocycles. The number of fused-ring (bicyclic) bond motifs is 2. The summed E-state index contributed by atoms with van der Waals surface area (Å²) >= 11 is 0. The normalized spacial score (nSPS) is 11.1. The third-order valence-corrected chi connectivity index (χ3v) is 3.53. The van der Waals surface area contributed by atoms with E-state index in [0.717, 1.165) is 11.0 Å². The molecule has 2 aromatic carbocycles. The Bertz CT molecular complexity index is 1000. The van der Waals surface area contributed by atoms with Crippen molar-refractivity contribution in [1.29, 1.82) is 0 Å². The van der Waals surface area contributed by atoms with Gasteiger partial charge in [-0.15, -0.1) is 0 Å². The molecule has 4 aromatic rings. The summed E-state index contributed by atoms with van der Waals surface area (Å²) in [6.45, 7) is 0. The number of carbonyl (C=O) groups excluding carboxylic acids is 1. The average molecular weight is 294 g/mol. The average Bonchev–Trinajstić information content (AvgIpc) is 3.13. The summed E-state index contributed by atoms with van der Waals surface area (Å²) in [6, 6.07) is 13.6. The number of hydrogen-bond donors (Lipinski definition) is 2. The van der Waals surface area contributed by atoms with E-state index in [-0.39, 0.29) is 17.4 Å². The number of amides is 1. The number of carbonyl (C=O) groups is 1. The van der Waals surface area contributed by atoms with Crippen LogP contribution in [-0.4, -0.2) is 20.6 Å². The maximum atomic E-state index is 13.7. The summed E-state index contributed by atoms with van der Waals surface area (Å²) in [5, 5.41) is 0.392. The number of aromatic amines is 1. The van der Waals surface area contributed by atoms with Crippen LogP contribution in [0.5, 0.6) is 0 Å². The van der Waals surface area contributed by atoms with Gasteiger partial charge in [-0.3, -0.25) is 10.2 Å². The molecule has 22 heavy (non-hydrogen) atoms. The number of imidazole rings is 1. The van der Waals surface area contributed by atoms with Gasteiger partial charge in [-0.1, -0.05) is 18.2 Å². The van der Waals surface area contributed by atoms with E-state index in [1.165, 1.54) is 18.5 Å². The lowest BCUT2D eigenvalue weighted by Gasteiger charge is -2.05. The minimum Gasteiger partial charge on any atom is -0.350 e. The van der Waals surface area contributed by atoms with Crippen molar-refractivity contribution in [3.05, 3.63) is 66.4 Å². The fourth-order valence-corrected chi connectivity index (χ4v) is 2.46. The summed E-state index contributed by atoms with van der Waals surface area (Å²) in [5.74, 6) is -0.723. The van der Waals surface area contributed by atoms with Gasteiger partial charge in [0.2, 0.25) is 0 Å². The lowest BCUT2D eigenvalue weighted by atomic mass is 10.2. The Morgan fingerprint density at radius 1 is 1.18 bits per heavy atom. The summed E-state index contributed by atoms with van der Waals surface area (Å²) in [5.41, 5.74) is 5.17. The van der Waals surface area contributed by atoms with E-state index in [4.69, 9.17) is 0 Å². The molecule has 4 rings (SSSR count). The highest BCUT2D eigenvalue weighted by Crippen LogP contribution is 2.19. The second-order valence-electron chi connectivity index (χ2n) is 4.93. The number of hydrogen-bond acceptors (Lipinski definition) is 2. The molecule has 0 aliphatic rings. The Morgan fingerprint density at radius 2 is 2.05 bits per heavy atom. The van der Waals surface area contributed by atoms with Crippen LogP contribution in [0.25, 0.3) is 21.9 Å². The monoisotopic (exact) mass is 294 g/mol. The van der Waals surface area contributed by atoms with Gasteiger partial charge in [-0.25, -0.2) is 14.1 Å². The van der Waals surface area contributed by atoms with Crippen molar-refractivity contribution < 1.29 is 9.18 Å². The Hall–Kier alpha value is -3.15. The van der Waals surface area contributed by atoms with Crippen LogP contribution in [0.15, 0.2) is 54.9 Å². The molecule has 2 aromatic heterocycles. The molecule has 0 fully saturated rings. The van der Waals surface area contributed by atoms with Crippen molar-refractivity contribution in [2.24, 2.45) is 0 Å². The number of aromatic nitrogens is 3. The predicted molar refractivity (Wildman–Crippen MR) is 81.7 cm³/mol. The van der Waals surface area contributed by atoms with Gasteiger partial charge in [-0.2, -0.15) is 0 Å². The molecule has 6 heteroatoms. The van der Waals surface area contributed by atoms with Crippen LogP contribution < -0.4 is 5.43 Å². The van der Waals surface area contributed by atoms with E-state index in [1.807, 2.05) is 24.3 Å². The number of rotatable bonds is 2. The molecule has 0 unspecified atom stereocenters. The van der Waals surface area contributed by atoms with Crippen LogP contribution in [0.4, 0.5) is 4.39 Å². The van der Waals surface area contributed by atoms with Crippen molar-refractivity contribution in [3.8, 4) is 0 Å². The highest BCUT2D eigenvalue weighted by Gasteiger charge is 2.13.